The highest BCUT2D eigenvalue weighted by Gasteiger charge is 2.13. The largest absolute Gasteiger partial charge is 0.495 e. The first-order valence-corrected chi connectivity index (χ1v) is 5.64. The van der Waals surface area contributed by atoms with Crippen molar-refractivity contribution < 1.29 is 17.9 Å². The summed E-state index contributed by atoms with van der Waals surface area (Å²) in [6.07, 6.45) is 0.750. The lowest BCUT2D eigenvalue weighted by Gasteiger charge is -2.07. The van der Waals surface area contributed by atoms with Gasteiger partial charge < -0.3 is 4.74 Å². The fraction of sp³-hybridized carbons (Fsp3) is 0.214. The van der Waals surface area contributed by atoms with Crippen LogP contribution in [0.15, 0.2) is 36.7 Å². The number of ether oxygens (including phenoxy) is 1. The fourth-order valence-corrected chi connectivity index (χ4v) is 1.78. The Bertz CT molecular complexity index is 572. The Morgan fingerprint density at radius 2 is 1.95 bits per heavy atom. The monoisotopic (exact) mass is 267 g/mol. The van der Waals surface area contributed by atoms with E-state index in [1.807, 2.05) is 0 Å². The first-order chi connectivity index (χ1) is 9.10. The highest BCUT2D eigenvalue weighted by molar-refractivity contribution is 5.32. The number of rotatable bonds is 4. The van der Waals surface area contributed by atoms with Gasteiger partial charge in [0.1, 0.15) is 11.6 Å². The molecule has 1 aromatic carbocycles. The topological polar surface area (TPSA) is 22.1 Å². The molecule has 0 bridgehead atoms. The van der Waals surface area contributed by atoms with Gasteiger partial charge in [-0.3, -0.25) is 4.98 Å². The van der Waals surface area contributed by atoms with Crippen molar-refractivity contribution in [2.75, 3.05) is 7.11 Å². The molecule has 0 atom stereocenters. The molecule has 0 unspecified atom stereocenters. The van der Waals surface area contributed by atoms with E-state index in [4.69, 9.17) is 4.74 Å². The normalized spacial score (nSPS) is 10.8. The fourth-order valence-electron chi connectivity index (χ4n) is 1.78. The van der Waals surface area contributed by atoms with Crippen LogP contribution in [0.2, 0.25) is 0 Å². The van der Waals surface area contributed by atoms with Gasteiger partial charge in [0.15, 0.2) is 0 Å². The summed E-state index contributed by atoms with van der Waals surface area (Å²) >= 11 is 0. The molecule has 1 heterocycles. The highest BCUT2D eigenvalue weighted by atomic mass is 19.3. The van der Waals surface area contributed by atoms with Crippen LogP contribution in [0, 0.1) is 5.82 Å². The summed E-state index contributed by atoms with van der Waals surface area (Å²) in [7, 11) is 1.52. The van der Waals surface area contributed by atoms with E-state index in [-0.39, 0.29) is 0 Å². The van der Waals surface area contributed by atoms with E-state index >= 15 is 0 Å². The minimum Gasteiger partial charge on any atom is -0.495 e. The predicted octanol–water partition coefficient (Wildman–Crippen LogP) is 3.76. The summed E-state index contributed by atoms with van der Waals surface area (Å²) in [4.78, 5) is 3.98. The third-order valence-corrected chi connectivity index (χ3v) is 2.71. The van der Waals surface area contributed by atoms with Crippen molar-refractivity contribution in [3.05, 3.63) is 59.2 Å². The smallest absolute Gasteiger partial charge is 0.266 e. The third kappa shape index (κ3) is 3.24. The quantitative estimate of drug-likeness (QED) is 0.841. The average molecular weight is 267 g/mol. The molecule has 1 aromatic heterocycles. The van der Waals surface area contributed by atoms with Crippen LogP contribution < -0.4 is 4.74 Å². The molecule has 0 fully saturated rings. The number of aromatic nitrogens is 1. The molecule has 0 aliphatic heterocycles. The van der Waals surface area contributed by atoms with E-state index in [1.54, 1.807) is 18.5 Å². The third-order valence-electron chi connectivity index (χ3n) is 2.71. The lowest BCUT2D eigenvalue weighted by molar-refractivity contribution is 0.146. The maximum absolute atomic E-state index is 13.2. The maximum atomic E-state index is 13.2. The summed E-state index contributed by atoms with van der Waals surface area (Å²) in [5, 5.41) is 0. The van der Waals surface area contributed by atoms with Gasteiger partial charge in [-0.25, -0.2) is 13.2 Å². The Labute approximate surface area is 108 Å². The standard InChI is InChI=1S/C14H12F3NO/c1-19-11-5-10(7-18-8-11)4-9-2-3-13(15)12(6-9)14(16)17/h2-3,5-8,14H,4H2,1H3. The summed E-state index contributed by atoms with van der Waals surface area (Å²) in [5.74, 6) is -0.295. The Balaban J connectivity index is 2.25. The molecule has 0 amide bonds. The summed E-state index contributed by atoms with van der Waals surface area (Å²) < 4.78 is 43.4. The van der Waals surface area contributed by atoms with Crippen molar-refractivity contribution in [2.24, 2.45) is 0 Å². The maximum Gasteiger partial charge on any atom is 0.266 e. The zero-order chi connectivity index (χ0) is 13.8. The van der Waals surface area contributed by atoms with Gasteiger partial charge >= 0.3 is 0 Å². The SMILES string of the molecule is COc1cncc(Cc2ccc(F)c(C(F)F)c2)c1. The molecule has 0 spiro atoms. The van der Waals surface area contributed by atoms with Crippen molar-refractivity contribution in [1.29, 1.82) is 0 Å². The number of alkyl halides is 2. The second-order valence-electron chi connectivity index (χ2n) is 4.07. The molecule has 0 saturated carbocycles. The molecule has 0 aliphatic carbocycles. The van der Waals surface area contributed by atoms with E-state index in [0.29, 0.717) is 17.7 Å². The first kappa shape index (κ1) is 13.4. The van der Waals surface area contributed by atoms with Gasteiger partial charge in [0.05, 0.1) is 18.9 Å². The van der Waals surface area contributed by atoms with E-state index < -0.39 is 17.8 Å². The van der Waals surface area contributed by atoms with E-state index in [1.165, 1.54) is 19.2 Å². The number of methoxy groups -OCH3 is 1. The van der Waals surface area contributed by atoms with Gasteiger partial charge in [-0.15, -0.1) is 0 Å². The first-order valence-electron chi connectivity index (χ1n) is 5.64. The molecular weight excluding hydrogens is 255 g/mol. The number of pyridine rings is 1. The van der Waals surface area contributed by atoms with Crippen molar-refractivity contribution in [3.63, 3.8) is 0 Å². The van der Waals surface area contributed by atoms with Gasteiger partial charge in [0.25, 0.3) is 6.43 Å². The van der Waals surface area contributed by atoms with E-state index in [2.05, 4.69) is 4.98 Å². The van der Waals surface area contributed by atoms with Crippen molar-refractivity contribution >= 4 is 0 Å². The molecule has 2 aromatic rings. The summed E-state index contributed by atoms with van der Waals surface area (Å²) in [6, 6.07) is 5.49. The van der Waals surface area contributed by atoms with E-state index in [0.717, 1.165) is 11.6 Å². The molecule has 0 aliphatic rings. The van der Waals surface area contributed by atoms with Crippen molar-refractivity contribution in [1.82, 2.24) is 4.98 Å². The molecule has 100 valence electrons. The molecule has 0 radical (unpaired) electrons. The van der Waals surface area contributed by atoms with Crippen LogP contribution >= 0.6 is 0 Å². The minimum absolute atomic E-state index is 0.393. The van der Waals surface area contributed by atoms with Gasteiger partial charge in [-0.2, -0.15) is 0 Å². The molecule has 2 rings (SSSR count). The van der Waals surface area contributed by atoms with Crippen molar-refractivity contribution in [3.8, 4) is 5.75 Å². The summed E-state index contributed by atoms with van der Waals surface area (Å²) in [6.45, 7) is 0. The highest BCUT2D eigenvalue weighted by Crippen LogP contribution is 2.24. The Hall–Kier alpha value is -2.04. The van der Waals surface area contributed by atoms with E-state index in [9.17, 15) is 13.2 Å². The summed E-state index contributed by atoms with van der Waals surface area (Å²) in [5.41, 5.74) is 0.839. The number of hydrogen-bond acceptors (Lipinski definition) is 2. The lowest BCUT2D eigenvalue weighted by atomic mass is 10.0. The van der Waals surface area contributed by atoms with Crippen LogP contribution in [0.1, 0.15) is 23.1 Å². The second-order valence-corrected chi connectivity index (χ2v) is 4.07. The van der Waals surface area contributed by atoms with Crippen LogP contribution in [0.25, 0.3) is 0 Å². The van der Waals surface area contributed by atoms with Gasteiger partial charge in [-0.05, 0) is 35.7 Å². The van der Waals surface area contributed by atoms with Gasteiger partial charge in [0, 0.05) is 6.20 Å². The Morgan fingerprint density at radius 1 is 1.16 bits per heavy atom. The number of benzene rings is 1. The van der Waals surface area contributed by atoms with Crippen molar-refractivity contribution in [2.45, 2.75) is 12.8 Å². The van der Waals surface area contributed by atoms with Gasteiger partial charge in [0.2, 0.25) is 0 Å². The number of nitrogens with zero attached hydrogens (tertiary/aromatic N) is 1. The average Bonchev–Trinajstić information content (AvgIpc) is 2.41. The number of hydrogen-bond donors (Lipinski definition) is 0. The molecule has 19 heavy (non-hydrogen) atoms. The second kappa shape index (κ2) is 5.73. The predicted molar refractivity (Wildman–Crippen MR) is 65.0 cm³/mol. The van der Waals surface area contributed by atoms with Crippen LogP contribution in [-0.2, 0) is 6.42 Å². The van der Waals surface area contributed by atoms with Crippen LogP contribution in [0.5, 0.6) is 5.75 Å². The molecule has 2 nitrogen and oxygen atoms in total. The minimum atomic E-state index is -2.82. The Kier molecular flexibility index (Phi) is 4.04. The molecule has 0 saturated heterocycles. The van der Waals surface area contributed by atoms with Gasteiger partial charge in [-0.1, -0.05) is 6.07 Å². The lowest BCUT2D eigenvalue weighted by Crippen LogP contribution is -1.96. The number of halogens is 3. The Morgan fingerprint density at radius 3 is 2.63 bits per heavy atom. The molecule has 0 N–H and O–H groups in total. The van der Waals surface area contributed by atoms with Crippen LogP contribution in [0.3, 0.4) is 0 Å². The van der Waals surface area contributed by atoms with Crippen LogP contribution in [-0.4, -0.2) is 12.1 Å². The van der Waals surface area contributed by atoms with Crippen LogP contribution in [0.4, 0.5) is 13.2 Å². The molecular formula is C14H12F3NO. The zero-order valence-corrected chi connectivity index (χ0v) is 10.2. The molecule has 5 heteroatoms. The zero-order valence-electron chi connectivity index (χ0n) is 10.2.